The van der Waals surface area contributed by atoms with Crippen LogP contribution >= 0.6 is 0 Å². The number of hydrogen-bond acceptors (Lipinski definition) is 5. The van der Waals surface area contributed by atoms with E-state index in [0.717, 1.165) is 51.4 Å². The molecule has 0 heterocycles. The van der Waals surface area contributed by atoms with E-state index in [0.29, 0.717) is 19.4 Å². The maximum absolute atomic E-state index is 12.5. The molecule has 0 aromatic heterocycles. The van der Waals surface area contributed by atoms with Gasteiger partial charge >= 0.3 is 5.97 Å². The van der Waals surface area contributed by atoms with E-state index in [9.17, 15) is 19.8 Å². The van der Waals surface area contributed by atoms with Gasteiger partial charge in [0.1, 0.15) is 0 Å². The van der Waals surface area contributed by atoms with Crippen LogP contribution in [-0.2, 0) is 14.3 Å². The van der Waals surface area contributed by atoms with Crippen molar-refractivity contribution in [2.24, 2.45) is 0 Å². The highest BCUT2D eigenvalue weighted by Crippen LogP contribution is 2.18. The third-order valence-corrected chi connectivity index (χ3v) is 17.1. The highest BCUT2D eigenvalue weighted by Gasteiger charge is 2.18. The predicted molar refractivity (Wildman–Crippen MR) is 361 cm³/mol. The number of aliphatic hydroxyl groups is 2. The summed E-state index contributed by atoms with van der Waals surface area (Å²) in [5.41, 5.74) is 0. The number of unbranched alkanes of at least 4 members (excludes halogenated alkanes) is 52. The van der Waals surface area contributed by atoms with E-state index in [1.807, 2.05) is 6.08 Å². The number of amides is 1. The number of carbonyl (C=O) groups is 2. The van der Waals surface area contributed by atoms with Crippen LogP contribution in [0.3, 0.4) is 0 Å². The van der Waals surface area contributed by atoms with Crippen molar-refractivity contribution in [3.63, 3.8) is 0 Å². The fourth-order valence-corrected chi connectivity index (χ4v) is 11.4. The van der Waals surface area contributed by atoms with Crippen molar-refractivity contribution in [2.75, 3.05) is 13.2 Å². The first-order valence-corrected chi connectivity index (χ1v) is 36.9. The summed E-state index contributed by atoms with van der Waals surface area (Å²) >= 11 is 0. The third kappa shape index (κ3) is 67.0. The number of allylic oxidation sites excluding steroid dienone is 7. The van der Waals surface area contributed by atoms with Crippen molar-refractivity contribution < 1.29 is 24.5 Å². The van der Waals surface area contributed by atoms with Gasteiger partial charge in [-0.15, -0.1) is 0 Å². The topological polar surface area (TPSA) is 95.9 Å². The molecular formula is C76H143NO5. The van der Waals surface area contributed by atoms with Gasteiger partial charge in [0.25, 0.3) is 0 Å². The van der Waals surface area contributed by atoms with Gasteiger partial charge in [-0.3, -0.25) is 9.59 Å². The highest BCUT2D eigenvalue weighted by atomic mass is 16.5. The van der Waals surface area contributed by atoms with Gasteiger partial charge in [0.2, 0.25) is 5.91 Å². The monoisotopic (exact) mass is 1150 g/mol. The molecule has 0 saturated carbocycles. The molecule has 1 amide bonds. The number of hydrogen-bond donors (Lipinski definition) is 3. The molecule has 482 valence electrons. The fourth-order valence-electron chi connectivity index (χ4n) is 11.4. The Bertz CT molecular complexity index is 1370. The summed E-state index contributed by atoms with van der Waals surface area (Å²) in [6.07, 6.45) is 93.5. The number of carbonyl (C=O) groups excluding carboxylic acids is 2. The summed E-state index contributed by atoms with van der Waals surface area (Å²) in [7, 11) is 0. The lowest BCUT2D eigenvalue weighted by atomic mass is 10.0. The number of aliphatic hydroxyl groups excluding tert-OH is 2. The van der Waals surface area contributed by atoms with Gasteiger partial charge in [-0.2, -0.15) is 0 Å². The molecule has 0 fully saturated rings. The lowest BCUT2D eigenvalue weighted by molar-refractivity contribution is -0.143. The maximum atomic E-state index is 12.5. The van der Waals surface area contributed by atoms with E-state index in [4.69, 9.17) is 4.74 Å². The molecule has 0 aliphatic carbocycles. The third-order valence-electron chi connectivity index (χ3n) is 17.1. The smallest absolute Gasteiger partial charge is 0.305 e. The second kappa shape index (κ2) is 71.3. The molecule has 0 spiro atoms. The summed E-state index contributed by atoms with van der Waals surface area (Å²) < 4.78 is 5.51. The second-order valence-corrected chi connectivity index (χ2v) is 25.3. The Labute approximate surface area is 512 Å². The van der Waals surface area contributed by atoms with Gasteiger partial charge in [0, 0.05) is 12.8 Å². The van der Waals surface area contributed by atoms with Crippen LogP contribution in [0.5, 0.6) is 0 Å². The summed E-state index contributed by atoms with van der Waals surface area (Å²) in [5, 5.41) is 23.2. The Balaban J connectivity index is 3.37. The van der Waals surface area contributed by atoms with E-state index in [1.165, 1.54) is 321 Å². The molecule has 2 unspecified atom stereocenters. The molecule has 0 rings (SSSR count). The molecule has 3 N–H and O–H groups in total. The van der Waals surface area contributed by atoms with Crippen LogP contribution in [0.1, 0.15) is 399 Å². The van der Waals surface area contributed by atoms with Gasteiger partial charge in [-0.05, 0) is 89.9 Å². The van der Waals surface area contributed by atoms with Crippen LogP contribution < -0.4 is 5.32 Å². The van der Waals surface area contributed by atoms with E-state index in [1.54, 1.807) is 6.08 Å². The lowest BCUT2D eigenvalue weighted by Crippen LogP contribution is -2.45. The Morgan fingerprint density at radius 1 is 0.341 bits per heavy atom. The van der Waals surface area contributed by atoms with Gasteiger partial charge < -0.3 is 20.3 Å². The Kier molecular flexibility index (Phi) is 69.4. The fraction of sp³-hybridized carbons (Fsp3) is 0.868. The molecule has 2 atom stereocenters. The zero-order valence-electron chi connectivity index (χ0n) is 55.2. The second-order valence-electron chi connectivity index (χ2n) is 25.3. The first kappa shape index (κ1) is 79.8. The molecule has 82 heavy (non-hydrogen) atoms. The van der Waals surface area contributed by atoms with Gasteiger partial charge in [0.15, 0.2) is 0 Å². The first-order valence-electron chi connectivity index (χ1n) is 36.9. The van der Waals surface area contributed by atoms with E-state index < -0.39 is 12.1 Å². The number of nitrogens with one attached hydrogen (secondary N) is 1. The molecule has 0 saturated heterocycles. The molecule has 6 nitrogen and oxygen atoms in total. The van der Waals surface area contributed by atoms with Crippen molar-refractivity contribution in [2.45, 2.75) is 411 Å². The summed E-state index contributed by atoms with van der Waals surface area (Å²) in [5.74, 6) is -0.0509. The Hall–Kier alpha value is -2.18. The molecule has 0 aliphatic heterocycles. The molecular weight excluding hydrogens is 1010 g/mol. The summed E-state index contributed by atoms with van der Waals surface area (Å²) in [6.45, 7) is 4.91. The molecule has 0 radical (unpaired) electrons. The van der Waals surface area contributed by atoms with Crippen molar-refractivity contribution in [1.82, 2.24) is 5.32 Å². The molecule has 0 aromatic carbocycles. The first-order chi connectivity index (χ1) is 40.5. The molecule has 0 bridgehead atoms. The Morgan fingerprint density at radius 2 is 0.610 bits per heavy atom. The van der Waals surface area contributed by atoms with Crippen LogP contribution in [0.15, 0.2) is 48.6 Å². The van der Waals surface area contributed by atoms with Crippen molar-refractivity contribution in [3.8, 4) is 0 Å². The molecule has 6 heteroatoms. The maximum Gasteiger partial charge on any atom is 0.305 e. The van der Waals surface area contributed by atoms with E-state index in [2.05, 4.69) is 55.6 Å². The van der Waals surface area contributed by atoms with Crippen LogP contribution in [-0.4, -0.2) is 47.4 Å². The van der Waals surface area contributed by atoms with Crippen LogP contribution in [0.2, 0.25) is 0 Å². The number of ether oxygens (including phenoxy) is 1. The van der Waals surface area contributed by atoms with Crippen molar-refractivity contribution in [3.05, 3.63) is 48.6 Å². The quantitative estimate of drug-likeness (QED) is 0.0320. The minimum atomic E-state index is -0.844. The minimum absolute atomic E-state index is 0.0133. The Morgan fingerprint density at radius 3 is 0.963 bits per heavy atom. The summed E-state index contributed by atoms with van der Waals surface area (Å²) in [6, 6.07) is -0.627. The average molecular weight is 1150 g/mol. The molecule has 0 aromatic rings. The molecule has 0 aliphatic rings. The minimum Gasteiger partial charge on any atom is -0.466 e. The normalized spacial score (nSPS) is 12.8. The SMILES string of the molecule is CCCCC/C=C\C/C=C\CCCCCCCCCCCC(=O)OCCCCCCCCCCCCCC/C=C\CCCCCCCCCCCCCCCCC(=O)NC(CO)C(O)/C=C/CCCCCCCCCCCCCCCC. The van der Waals surface area contributed by atoms with Crippen LogP contribution in [0, 0.1) is 0 Å². The lowest BCUT2D eigenvalue weighted by Gasteiger charge is -2.20. The zero-order chi connectivity index (χ0) is 59.2. The van der Waals surface area contributed by atoms with Crippen LogP contribution in [0.4, 0.5) is 0 Å². The summed E-state index contributed by atoms with van der Waals surface area (Å²) in [4.78, 5) is 24.6. The van der Waals surface area contributed by atoms with Crippen LogP contribution in [0.25, 0.3) is 0 Å². The standard InChI is InChI=1S/C76H143NO5/c1-3-5-7-9-11-13-15-17-19-21-34-38-42-46-50-54-58-62-66-70-76(81)82-71-67-63-59-55-51-47-43-39-36-33-31-29-27-25-23-22-24-26-28-30-32-35-37-41-45-49-53-57-61-65-69-75(80)77-73(72-78)74(79)68-64-60-56-52-48-44-40-20-18-16-14-12-10-8-6-4-2/h11,13,17,19,23,25,64,68,73-74,78-79H,3-10,12,14-16,18,20-22,24,26-63,65-67,69-72H2,1-2H3,(H,77,80)/b13-11-,19-17-,25-23-,68-64+. The van der Waals surface area contributed by atoms with E-state index in [-0.39, 0.29) is 18.5 Å². The van der Waals surface area contributed by atoms with Gasteiger partial charge in [-0.25, -0.2) is 0 Å². The predicted octanol–water partition coefficient (Wildman–Crippen LogP) is 24.0. The van der Waals surface area contributed by atoms with Crippen molar-refractivity contribution in [1.29, 1.82) is 0 Å². The number of esters is 1. The van der Waals surface area contributed by atoms with Gasteiger partial charge in [0.05, 0.1) is 25.4 Å². The average Bonchev–Trinajstić information content (AvgIpc) is 3.48. The largest absolute Gasteiger partial charge is 0.466 e. The van der Waals surface area contributed by atoms with Gasteiger partial charge in [-0.1, -0.05) is 345 Å². The zero-order valence-corrected chi connectivity index (χ0v) is 55.2. The van der Waals surface area contributed by atoms with Crippen molar-refractivity contribution >= 4 is 11.9 Å². The highest BCUT2D eigenvalue weighted by molar-refractivity contribution is 5.76. The number of rotatable bonds is 69. The van der Waals surface area contributed by atoms with E-state index >= 15 is 0 Å².